The summed E-state index contributed by atoms with van der Waals surface area (Å²) >= 11 is 5.91. The van der Waals surface area contributed by atoms with Crippen LogP contribution in [0.5, 0.6) is 0 Å². The maximum Gasteiger partial charge on any atom is 0.243 e. The summed E-state index contributed by atoms with van der Waals surface area (Å²) in [7, 11) is -3.50. The van der Waals surface area contributed by atoms with Gasteiger partial charge in [-0.1, -0.05) is 17.7 Å². The molecule has 0 spiro atoms. The molecule has 0 radical (unpaired) electrons. The number of hydrogen-bond acceptors (Lipinski definition) is 4. The predicted molar refractivity (Wildman–Crippen MR) is 90.5 cm³/mol. The minimum absolute atomic E-state index is 0.245. The third-order valence-corrected chi connectivity index (χ3v) is 6.21. The van der Waals surface area contributed by atoms with Crippen LogP contribution in [0.1, 0.15) is 11.4 Å². The van der Waals surface area contributed by atoms with Crippen LogP contribution in [-0.2, 0) is 10.0 Å². The van der Waals surface area contributed by atoms with Gasteiger partial charge in [-0.15, -0.1) is 0 Å². The van der Waals surface area contributed by atoms with Gasteiger partial charge < -0.3 is 4.90 Å². The Bertz CT molecular complexity index is 791. The quantitative estimate of drug-likeness (QED) is 0.917. The van der Waals surface area contributed by atoms with Crippen LogP contribution in [0, 0.1) is 13.8 Å². The highest BCUT2D eigenvalue weighted by molar-refractivity contribution is 7.89. The molecule has 1 N–H and O–H groups in total. The van der Waals surface area contributed by atoms with Gasteiger partial charge in [0.1, 0.15) is 0 Å². The van der Waals surface area contributed by atoms with Crippen LogP contribution in [0.3, 0.4) is 0 Å². The van der Waals surface area contributed by atoms with E-state index in [0.717, 1.165) is 17.1 Å². The van der Waals surface area contributed by atoms with Crippen molar-refractivity contribution in [3.05, 3.63) is 40.7 Å². The van der Waals surface area contributed by atoms with Crippen molar-refractivity contribution < 1.29 is 8.42 Å². The van der Waals surface area contributed by atoms with Gasteiger partial charge in [0.25, 0.3) is 0 Å². The van der Waals surface area contributed by atoms with Gasteiger partial charge >= 0.3 is 0 Å². The standard InChI is InChI=1S/C15H19ClN4O2S/c1-11-15(12(2)18-17-11)19-6-8-20(9-7-19)23(21,22)14-5-3-4-13(16)10-14/h3-5,10H,6-9H2,1-2H3,(H,17,18). The molecular weight excluding hydrogens is 336 g/mol. The van der Waals surface area contributed by atoms with Crippen molar-refractivity contribution in [2.75, 3.05) is 31.1 Å². The molecule has 0 aliphatic carbocycles. The Kier molecular flexibility index (Phi) is 4.35. The molecule has 1 aliphatic rings. The molecule has 8 heteroatoms. The zero-order valence-electron chi connectivity index (χ0n) is 13.1. The number of piperazine rings is 1. The molecule has 6 nitrogen and oxygen atoms in total. The number of hydrogen-bond donors (Lipinski definition) is 1. The first-order chi connectivity index (χ1) is 10.9. The van der Waals surface area contributed by atoms with E-state index >= 15 is 0 Å². The Balaban J connectivity index is 1.76. The molecule has 1 aromatic heterocycles. The number of aromatic nitrogens is 2. The van der Waals surface area contributed by atoms with Crippen molar-refractivity contribution in [2.45, 2.75) is 18.7 Å². The van der Waals surface area contributed by atoms with Crippen LogP contribution in [-0.4, -0.2) is 49.1 Å². The molecule has 0 amide bonds. The molecule has 0 saturated carbocycles. The van der Waals surface area contributed by atoms with Crippen LogP contribution in [0.15, 0.2) is 29.2 Å². The number of rotatable bonds is 3. The summed E-state index contributed by atoms with van der Waals surface area (Å²) in [5.74, 6) is 0. The highest BCUT2D eigenvalue weighted by Crippen LogP contribution is 2.26. The van der Waals surface area contributed by atoms with Gasteiger partial charge in [0, 0.05) is 31.2 Å². The molecule has 0 bridgehead atoms. The van der Waals surface area contributed by atoms with E-state index in [0.29, 0.717) is 31.2 Å². The lowest BCUT2D eigenvalue weighted by Gasteiger charge is -2.35. The van der Waals surface area contributed by atoms with E-state index in [9.17, 15) is 8.42 Å². The molecule has 1 aromatic carbocycles. The molecule has 2 aromatic rings. The van der Waals surface area contributed by atoms with Crippen LogP contribution in [0.2, 0.25) is 5.02 Å². The van der Waals surface area contributed by atoms with Gasteiger partial charge in [-0.05, 0) is 32.0 Å². The minimum Gasteiger partial charge on any atom is -0.366 e. The molecule has 2 heterocycles. The third-order valence-electron chi connectivity index (χ3n) is 4.08. The van der Waals surface area contributed by atoms with Crippen molar-refractivity contribution in [3.8, 4) is 0 Å². The topological polar surface area (TPSA) is 69.3 Å². The summed E-state index contributed by atoms with van der Waals surface area (Å²) in [6, 6.07) is 6.40. The average Bonchev–Trinajstić information content (AvgIpc) is 2.86. The average molecular weight is 355 g/mol. The van der Waals surface area contributed by atoms with E-state index < -0.39 is 10.0 Å². The summed E-state index contributed by atoms with van der Waals surface area (Å²) < 4.78 is 26.9. The van der Waals surface area contributed by atoms with Crippen LogP contribution in [0.4, 0.5) is 5.69 Å². The summed E-state index contributed by atoms with van der Waals surface area (Å²) in [4.78, 5) is 2.42. The first-order valence-corrected chi connectivity index (χ1v) is 9.23. The normalized spacial score (nSPS) is 16.7. The number of anilines is 1. The number of halogens is 1. The van der Waals surface area contributed by atoms with Crippen LogP contribution < -0.4 is 4.90 Å². The Labute approximate surface area is 141 Å². The molecule has 0 atom stereocenters. The van der Waals surface area contributed by atoms with Crippen molar-refractivity contribution in [2.24, 2.45) is 0 Å². The van der Waals surface area contributed by atoms with Gasteiger partial charge in [0.15, 0.2) is 0 Å². The minimum atomic E-state index is -3.50. The summed E-state index contributed by atoms with van der Waals surface area (Å²) in [6.45, 7) is 6.10. The Hall–Kier alpha value is -1.57. The lowest BCUT2D eigenvalue weighted by Crippen LogP contribution is -2.48. The molecule has 3 rings (SSSR count). The first-order valence-electron chi connectivity index (χ1n) is 7.42. The fourth-order valence-corrected chi connectivity index (χ4v) is 4.66. The van der Waals surface area contributed by atoms with Gasteiger partial charge in [0.2, 0.25) is 10.0 Å². The summed E-state index contributed by atoms with van der Waals surface area (Å²) in [5.41, 5.74) is 3.02. The number of sulfonamides is 1. The van der Waals surface area contributed by atoms with Crippen molar-refractivity contribution >= 4 is 27.3 Å². The molecule has 124 valence electrons. The van der Waals surface area contributed by atoms with Crippen molar-refractivity contribution in [1.82, 2.24) is 14.5 Å². The van der Waals surface area contributed by atoms with Gasteiger partial charge in [0.05, 0.1) is 22.0 Å². The van der Waals surface area contributed by atoms with E-state index in [1.807, 2.05) is 13.8 Å². The fourth-order valence-electron chi connectivity index (χ4n) is 2.94. The van der Waals surface area contributed by atoms with Crippen LogP contribution >= 0.6 is 11.6 Å². The zero-order valence-corrected chi connectivity index (χ0v) is 14.7. The fraction of sp³-hybridized carbons (Fsp3) is 0.400. The monoisotopic (exact) mass is 354 g/mol. The Morgan fingerprint density at radius 3 is 2.43 bits per heavy atom. The second-order valence-corrected chi connectivity index (χ2v) is 8.01. The molecule has 1 saturated heterocycles. The number of aromatic amines is 1. The lowest BCUT2D eigenvalue weighted by molar-refractivity contribution is 0.384. The second-order valence-electron chi connectivity index (χ2n) is 5.63. The van der Waals surface area contributed by atoms with E-state index in [4.69, 9.17) is 11.6 Å². The molecular formula is C15H19ClN4O2S. The SMILES string of the molecule is Cc1n[nH]c(C)c1N1CCN(S(=O)(=O)c2cccc(Cl)c2)CC1. The number of H-pyrrole nitrogens is 1. The summed E-state index contributed by atoms with van der Waals surface area (Å²) in [5, 5.41) is 7.60. The summed E-state index contributed by atoms with van der Waals surface area (Å²) in [6.07, 6.45) is 0. The number of nitrogens with zero attached hydrogens (tertiary/aromatic N) is 3. The van der Waals surface area contributed by atoms with Gasteiger partial charge in [-0.25, -0.2) is 8.42 Å². The maximum absolute atomic E-state index is 12.7. The van der Waals surface area contributed by atoms with Gasteiger partial charge in [-0.2, -0.15) is 9.40 Å². The second kappa shape index (κ2) is 6.14. The Morgan fingerprint density at radius 1 is 1.17 bits per heavy atom. The lowest BCUT2D eigenvalue weighted by atomic mass is 10.2. The molecule has 0 unspecified atom stereocenters. The number of nitrogens with one attached hydrogen (secondary N) is 1. The van der Waals surface area contributed by atoms with E-state index in [1.54, 1.807) is 18.2 Å². The van der Waals surface area contributed by atoms with E-state index in [1.165, 1.54) is 10.4 Å². The molecule has 1 aliphatic heterocycles. The number of aryl methyl sites for hydroxylation is 2. The third kappa shape index (κ3) is 3.08. The Morgan fingerprint density at radius 2 is 1.87 bits per heavy atom. The molecule has 1 fully saturated rings. The number of benzene rings is 1. The predicted octanol–water partition coefficient (Wildman–Crippen LogP) is 2.19. The highest BCUT2D eigenvalue weighted by Gasteiger charge is 2.29. The van der Waals surface area contributed by atoms with E-state index in [-0.39, 0.29) is 4.90 Å². The van der Waals surface area contributed by atoms with Crippen molar-refractivity contribution in [1.29, 1.82) is 0 Å². The van der Waals surface area contributed by atoms with Crippen LogP contribution in [0.25, 0.3) is 0 Å². The first kappa shape index (κ1) is 16.3. The molecule has 23 heavy (non-hydrogen) atoms. The zero-order chi connectivity index (χ0) is 16.6. The highest BCUT2D eigenvalue weighted by atomic mass is 35.5. The van der Waals surface area contributed by atoms with E-state index in [2.05, 4.69) is 15.1 Å². The van der Waals surface area contributed by atoms with Gasteiger partial charge in [-0.3, -0.25) is 5.10 Å². The maximum atomic E-state index is 12.7. The smallest absolute Gasteiger partial charge is 0.243 e. The largest absolute Gasteiger partial charge is 0.366 e. The van der Waals surface area contributed by atoms with Crippen molar-refractivity contribution in [3.63, 3.8) is 0 Å².